The molecule has 8 nitrogen and oxygen atoms in total. The number of hydrogen-bond donors (Lipinski definition) is 3. The first-order valence-electron chi connectivity index (χ1n) is 14.6. The fourth-order valence-corrected chi connectivity index (χ4v) is 5.30. The van der Waals surface area contributed by atoms with Gasteiger partial charge in [0.1, 0.15) is 17.4 Å². The van der Waals surface area contributed by atoms with Gasteiger partial charge >= 0.3 is 0 Å². The zero-order valence-corrected chi connectivity index (χ0v) is 24.8. The molecule has 3 N–H and O–H groups in total. The Labute approximate surface area is 242 Å². The number of imidazole rings is 1. The van der Waals surface area contributed by atoms with E-state index in [1.807, 2.05) is 44.3 Å². The number of rotatable bonds is 16. The summed E-state index contributed by atoms with van der Waals surface area (Å²) >= 11 is 0. The molecule has 4 aromatic rings. The lowest BCUT2D eigenvalue weighted by atomic mass is 10.0. The summed E-state index contributed by atoms with van der Waals surface area (Å²) in [6, 6.07) is 16.0. The molecule has 1 atom stereocenters. The summed E-state index contributed by atoms with van der Waals surface area (Å²) in [5.41, 5.74) is 5.19. The normalized spacial score (nSPS) is 12.1. The van der Waals surface area contributed by atoms with Crippen molar-refractivity contribution in [2.45, 2.75) is 77.9 Å². The summed E-state index contributed by atoms with van der Waals surface area (Å²) in [5.74, 6) is 1.78. The van der Waals surface area contributed by atoms with Gasteiger partial charge in [-0.2, -0.15) is 0 Å². The molecule has 0 aliphatic carbocycles. The number of ether oxygens (including phenoxy) is 1. The second-order valence-corrected chi connectivity index (χ2v) is 10.9. The van der Waals surface area contributed by atoms with Crippen LogP contribution in [-0.4, -0.2) is 45.7 Å². The summed E-state index contributed by atoms with van der Waals surface area (Å²) in [4.78, 5) is 38.9. The van der Waals surface area contributed by atoms with Crippen molar-refractivity contribution in [1.29, 1.82) is 0 Å². The number of ketones is 1. The number of methoxy groups -OCH3 is 1. The average molecular weight is 558 g/mol. The lowest BCUT2D eigenvalue weighted by molar-refractivity contribution is -0.121. The van der Waals surface area contributed by atoms with Crippen LogP contribution in [0.3, 0.4) is 0 Å². The highest BCUT2D eigenvalue weighted by Gasteiger charge is 2.20. The average Bonchev–Trinajstić information content (AvgIpc) is 3.55. The number of hydrogen-bond acceptors (Lipinski definition) is 5. The van der Waals surface area contributed by atoms with Crippen molar-refractivity contribution in [3.05, 3.63) is 83.1 Å². The Morgan fingerprint density at radius 3 is 2.61 bits per heavy atom. The number of unbranched alkanes of at least 4 members (excludes halogenated alkanes) is 2. The Hall–Kier alpha value is -3.91. The number of amides is 1. The first kappa shape index (κ1) is 30.1. The smallest absolute Gasteiger partial charge is 0.225 e. The Kier molecular flexibility index (Phi) is 10.7. The van der Waals surface area contributed by atoms with E-state index in [0.717, 1.165) is 78.2 Å². The first-order chi connectivity index (χ1) is 19.9. The van der Waals surface area contributed by atoms with E-state index in [4.69, 9.17) is 4.74 Å². The molecule has 0 aliphatic heterocycles. The van der Waals surface area contributed by atoms with Crippen LogP contribution in [0.5, 0.6) is 5.75 Å². The number of nitrogens with zero attached hydrogens (tertiary/aromatic N) is 2. The minimum atomic E-state index is -0.238. The SMILES string of the molecule is CCC(=O)CCCCCC(NC(=O)Cc1c(C)[nH]c2ccc(OC)cc12)c1ncc(CN(C)Cc2ccccc2)[nH]1. The molecule has 1 amide bonds. The standard InChI is InChI=1S/C33H43N5O3/c1-5-26(39)14-10-7-11-15-31(33-34-20-25(36-33)22-38(3)21-24-12-8-6-9-13-24)37-32(40)19-28-23(2)35-30-17-16-27(41-4)18-29(28)30/h6,8-9,12-13,16-18,20,31,35H,5,7,10-11,14-15,19,21-22H2,1-4H3,(H,34,36)(H,37,40). The van der Waals surface area contributed by atoms with E-state index >= 15 is 0 Å². The molecule has 0 radical (unpaired) electrons. The maximum absolute atomic E-state index is 13.4. The van der Waals surface area contributed by atoms with E-state index in [9.17, 15) is 9.59 Å². The number of nitrogens with one attached hydrogen (secondary N) is 3. The highest BCUT2D eigenvalue weighted by Crippen LogP contribution is 2.27. The Balaban J connectivity index is 1.43. The van der Waals surface area contributed by atoms with Crippen molar-refractivity contribution < 1.29 is 14.3 Å². The van der Waals surface area contributed by atoms with Crippen LogP contribution in [0.25, 0.3) is 10.9 Å². The Morgan fingerprint density at radius 2 is 1.85 bits per heavy atom. The third kappa shape index (κ3) is 8.54. The zero-order valence-electron chi connectivity index (χ0n) is 24.8. The molecule has 41 heavy (non-hydrogen) atoms. The molecular formula is C33H43N5O3. The summed E-state index contributed by atoms with van der Waals surface area (Å²) in [6.07, 6.45) is 6.79. The van der Waals surface area contributed by atoms with Crippen LogP contribution in [0, 0.1) is 6.92 Å². The number of fused-ring (bicyclic) bond motifs is 1. The van der Waals surface area contributed by atoms with E-state index < -0.39 is 0 Å². The van der Waals surface area contributed by atoms with E-state index in [0.29, 0.717) is 18.6 Å². The van der Waals surface area contributed by atoms with Gasteiger partial charge in [-0.05, 0) is 56.1 Å². The number of aromatic amines is 2. The summed E-state index contributed by atoms with van der Waals surface area (Å²) in [6.45, 7) is 5.46. The van der Waals surface area contributed by atoms with Gasteiger partial charge in [-0.25, -0.2) is 4.98 Å². The molecule has 2 aromatic heterocycles. The number of aromatic nitrogens is 3. The van der Waals surface area contributed by atoms with Gasteiger partial charge in [0.2, 0.25) is 5.91 Å². The monoisotopic (exact) mass is 557 g/mol. The molecule has 4 rings (SSSR count). The van der Waals surface area contributed by atoms with Gasteiger partial charge in [0.15, 0.2) is 0 Å². The summed E-state index contributed by atoms with van der Waals surface area (Å²) in [7, 11) is 3.73. The molecular weight excluding hydrogens is 514 g/mol. The molecule has 8 heteroatoms. The van der Waals surface area contributed by atoms with Crippen molar-refractivity contribution in [3.8, 4) is 5.75 Å². The van der Waals surface area contributed by atoms with E-state index in [2.05, 4.69) is 56.5 Å². The topological polar surface area (TPSA) is 103 Å². The van der Waals surface area contributed by atoms with Gasteiger partial charge in [0, 0.05) is 54.4 Å². The lowest BCUT2D eigenvalue weighted by Crippen LogP contribution is -2.31. The van der Waals surface area contributed by atoms with Gasteiger partial charge in [-0.3, -0.25) is 14.5 Å². The highest BCUT2D eigenvalue weighted by atomic mass is 16.5. The van der Waals surface area contributed by atoms with Gasteiger partial charge < -0.3 is 20.0 Å². The van der Waals surface area contributed by atoms with Gasteiger partial charge in [0.25, 0.3) is 0 Å². The number of carbonyl (C=O) groups excluding carboxylic acids is 2. The van der Waals surface area contributed by atoms with Gasteiger partial charge in [-0.1, -0.05) is 50.1 Å². The molecule has 0 fully saturated rings. The van der Waals surface area contributed by atoms with Crippen molar-refractivity contribution in [3.63, 3.8) is 0 Å². The van der Waals surface area contributed by atoms with Crippen LogP contribution in [0.1, 0.15) is 79.8 Å². The molecule has 2 heterocycles. The third-order valence-electron chi connectivity index (χ3n) is 7.56. The van der Waals surface area contributed by atoms with Crippen LogP contribution < -0.4 is 10.1 Å². The van der Waals surface area contributed by atoms with Crippen molar-refractivity contribution in [1.82, 2.24) is 25.2 Å². The van der Waals surface area contributed by atoms with Gasteiger partial charge in [-0.15, -0.1) is 0 Å². The van der Waals surface area contributed by atoms with Crippen molar-refractivity contribution >= 4 is 22.6 Å². The van der Waals surface area contributed by atoms with Crippen LogP contribution in [0.15, 0.2) is 54.7 Å². The van der Waals surface area contributed by atoms with Gasteiger partial charge in [0.05, 0.1) is 19.6 Å². The van der Waals surface area contributed by atoms with Crippen LogP contribution in [0.4, 0.5) is 0 Å². The highest BCUT2D eigenvalue weighted by molar-refractivity contribution is 5.91. The molecule has 0 aliphatic rings. The minimum Gasteiger partial charge on any atom is -0.497 e. The maximum Gasteiger partial charge on any atom is 0.225 e. The number of H-pyrrole nitrogens is 2. The fraction of sp³-hybridized carbons (Fsp3) is 0.424. The molecule has 0 spiro atoms. The van der Waals surface area contributed by atoms with Crippen LogP contribution in [0.2, 0.25) is 0 Å². The lowest BCUT2D eigenvalue weighted by Gasteiger charge is -2.18. The first-order valence-corrected chi connectivity index (χ1v) is 14.6. The quantitative estimate of drug-likeness (QED) is 0.143. The molecule has 0 bridgehead atoms. The third-order valence-corrected chi connectivity index (χ3v) is 7.56. The molecule has 218 valence electrons. The largest absolute Gasteiger partial charge is 0.497 e. The second kappa shape index (κ2) is 14.6. The van der Waals surface area contributed by atoms with Crippen molar-refractivity contribution in [2.75, 3.05) is 14.2 Å². The predicted molar refractivity (Wildman–Crippen MR) is 163 cm³/mol. The van der Waals surface area contributed by atoms with Crippen molar-refractivity contribution in [2.24, 2.45) is 0 Å². The maximum atomic E-state index is 13.4. The second-order valence-electron chi connectivity index (χ2n) is 10.9. The van der Waals surface area contributed by atoms with E-state index in [-0.39, 0.29) is 18.4 Å². The zero-order chi connectivity index (χ0) is 29.2. The predicted octanol–water partition coefficient (Wildman–Crippen LogP) is 6.17. The molecule has 0 saturated heterocycles. The van der Waals surface area contributed by atoms with E-state index in [1.165, 1.54) is 5.56 Å². The summed E-state index contributed by atoms with van der Waals surface area (Å²) < 4.78 is 5.41. The number of aryl methyl sites for hydroxylation is 1. The molecule has 2 aromatic carbocycles. The number of Topliss-reactive ketones (excluding diaryl/α,β-unsaturated/α-hetero) is 1. The Morgan fingerprint density at radius 1 is 1.05 bits per heavy atom. The Bertz CT molecular complexity index is 1430. The molecule has 1 unspecified atom stereocenters. The summed E-state index contributed by atoms with van der Waals surface area (Å²) in [5, 5.41) is 4.25. The molecule has 0 saturated carbocycles. The van der Waals surface area contributed by atoms with Crippen LogP contribution in [-0.2, 0) is 29.1 Å². The fourth-order valence-electron chi connectivity index (χ4n) is 5.30. The van der Waals surface area contributed by atoms with E-state index in [1.54, 1.807) is 7.11 Å². The number of benzene rings is 2. The minimum absolute atomic E-state index is 0.0536. The van der Waals surface area contributed by atoms with Crippen LogP contribution >= 0.6 is 0 Å². The number of carbonyl (C=O) groups is 2.